The topological polar surface area (TPSA) is 84.7 Å². The SMILES string of the molecule is Cl.N[C@@H]1CCN(C(=O)c2cccc(NC(=O)C3Cc4ccccc4O3)c2)C1. The number of nitrogens with one attached hydrogen (secondary N) is 1. The van der Waals surface area contributed by atoms with Crippen LogP contribution >= 0.6 is 12.4 Å². The highest BCUT2D eigenvalue weighted by atomic mass is 35.5. The van der Waals surface area contributed by atoms with Gasteiger partial charge in [-0.3, -0.25) is 9.59 Å². The zero-order valence-electron chi connectivity index (χ0n) is 14.8. The number of rotatable bonds is 3. The Kier molecular flexibility index (Phi) is 5.68. The van der Waals surface area contributed by atoms with E-state index in [0.29, 0.717) is 30.8 Å². The Balaban J connectivity index is 0.00000210. The van der Waals surface area contributed by atoms with E-state index in [1.54, 1.807) is 29.2 Å². The molecule has 2 amide bonds. The van der Waals surface area contributed by atoms with Crippen molar-refractivity contribution >= 4 is 29.9 Å². The van der Waals surface area contributed by atoms with Crippen LogP contribution in [0.4, 0.5) is 5.69 Å². The molecule has 6 nitrogen and oxygen atoms in total. The van der Waals surface area contributed by atoms with Crippen molar-refractivity contribution in [3.05, 3.63) is 59.7 Å². The fraction of sp³-hybridized carbons (Fsp3) is 0.300. The summed E-state index contributed by atoms with van der Waals surface area (Å²) in [6.45, 7) is 1.24. The molecule has 1 fully saturated rings. The Morgan fingerprint density at radius 2 is 1.96 bits per heavy atom. The van der Waals surface area contributed by atoms with Crippen LogP contribution in [-0.2, 0) is 11.2 Å². The molecule has 0 saturated carbocycles. The number of carbonyl (C=O) groups is 2. The molecular formula is C20H22ClN3O3. The second-order valence-electron chi connectivity index (χ2n) is 6.79. The molecule has 1 saturated heterocycles. The van der Waals surface area contributed by atoms with Crippen LogP contribution in [-0.4, -0.2) is 41.9 Å². The molecule has 4 rings (SSSR count). The van der Waals surface area contributed by atoms with E-state index in [9.17, 15) is 9.59 Å². The van der Waals surface area contributed by atoms with Crippen molar-refractivity contribution in [1.29, 1.82) is 0 Å². The molecule has 2 aliphatic heterocycles. The summed E-state index contributed by atoms with van der Waals surface area (Å²) in [5, 5.41) is 2.85. The molecule has 0 radical (unpaired) electrons. The summed E-state index contributed by atoms with van der Waals surface area (Å²) in [5.41, 5.74) is 8.04. The van der Waals surface area contributed by atoms with Gasteiger partial charge in [0, 0.05) is 36.8 Å². The number of amides is 2. The molecule has 2 heterocycles. The molecule has 27 heavy (non-hydrogen) atoms. The molecule has 0 aromatic heterocycles. The molecule has 2 aromatic carbocycles. The first-order chi connectivity index (χ1) is 12.6. The van der Waals surface area contributed by atoms with Crippen molar-refractivity contribution in [1.82, 2.24) is 4.90 Å². The summed E-state index contributed by atoms with van der Waals surface area (Å²) in [7, 11) is 0. The Labute approximate surface area is 164 Å². The van der Waals surface area contributed by atoms with Crippen LogP contribution in [0.3, 0.4) is 0 Å². The summed E-state index contributed by atoms with van der Waals surface area (Å²) >= 11 is 0. The van der Waals surface area contributed by atoms with Gasteiger partial charge < -0.3 is 20.7 Å². The van der Waals surface area contributed by atoms with Gasteiger partial charge in [-0.2, -0.15) is 0 Å². The molecule has 2 atom stereocenters. The minimum absolute atomic E-state index is 0. The lowest BCUT2D eigenvalue weighted by molar-refractivity contribution is -0.122. The first-order valence-electron chi connectivity index (χ1n) is 8.80. The molecule has 3 N–H and O–H groups in total. The van der Waals surface area contributed by atoms with Crippen molar-refractivity contribution in [2.24, 2.45) is 5.73 Å². The number of carbonyl (C=O) groups excluding carboxylic acids is 2. The quantitative estimate of drug-likeness (QED) is 0.845. The summed E-state index contributed by atoms with van der Waals surface area (Å²) in [4.78, 5) is 26.8. The van der Waals surface area contributed by atoms with Crippen molar-refractivity contribution in [3.8, 4) is 5.75 Å². The lowest BCUT2D eigenvalue weighted by Gasteiger charge is -2.17. The van der Waals surface area contributed by atoms with Gasteiger partial charge in [-0.15, -0.1) is 12.4 Å². The van der Waals surface area contributed by atoms with E-state index in [1.165, 1.54) is 0 Å². The Bertz CT molecular complexity index is 833. The van der Waals surface area contributed by atoms with E-state index < -0.39 is 6.10 Å². The fourth-order valence-corrected chi connectivity index (χ4v) is 3.44. The summed E-state index contributed by atoms with van der Waals surface area (Å²) in [5.74, 6) is 0.481. The van der Waals surface area contributed by atoms with Crippen molar-refractivity contribution in [3.63, 3.8) is 0 Å². The predicted molar refractivity (Wildman–Crippen MR) is 105 cm³/mol. The van der Waals surface area contributed by atoms with Gasteiger partial charge in [0.2, 0.25) is 0 Å². The Morgan fingerprint density at radius 3 is 2.70 bits per heavy atom. The zero-order chi connectivity index (χ0) is 18.1. The molecule has 0 bridgehead atoms. The highest BCUT2D eigenvalue weighted by Gasteiger charge is 2.29. The second-order valence-corrected chi connectivity index (χ2v) is 6.79. The number of nitrogens with zero attached hydrogens (tertiary/aromatic N) is 1. The minimum atomic E-state index is -0.552. The third-order valence-electron chi connectivity index (χ3n) is 4.83. The van der Waals surface area contributed by atoms with Gasteiger partial charge in [-0.1, -0.05) is 24.3 Å². The average molecular weight is 388 g/mol. The number of nitrogens with two attached hydrogens (primary N) is 1. The lowest BCUT2D eigenvalue weighted by atomic mass is 10.1. The van der Waals surface area contributed by atoms with Crippen LogP contribution in [0, 0.1) is 0 Å². The number of benzene rings is 2. The third-order valence-corrected chi connectivity index (χ3v) is 4.83. The van der Waals surface area contributed by atoms with Crippen LogP contribution in [0.15, 0.2) is 48.5 Å². The van der Waals surface area contributed by atoms with E-state index >= 15 is 0 Å². The van der Waals surface area contributed by atoms with Gasteiger partial charge in [-0.25, -0.2) is 0 Å². The molecule has 2 aliphatic rings. The first kappa shape index (κ1) is 19.2. The highest BCUT2D eigenvalue weighted by molar-refractivity contribution is 5.98. The molecule has 1 unspecified atom stereocenters. The van der Waals surface area contributed by atoms with Crippen molar-refractivity contribution < 1.29 is 14.3 Å². The number of hydrogen-bond acceptors (Lipinski definition) is 4. The van der Waals surface area contributed by atoms with Gasteiger partial charge in [0.15, 0.2) is 6.10 Å². The number of ether oxygens (including phenoxy) is 1. The maximum absolute atomic E-state index is 12.6. The molecule has 0 aliphatic carbocycles. The van der Waals surface area contributed by atoms with E-state index in [1.807, 2.05) is 24.3 Å². The van der Waals surface area contributed by atoms with Crippen LogP contribution in [0.25, 0.3) is 0 Å². The summed E-state index contributed by atoms with van der Waals surface area (Å²) in [6.07, 6.45) is 0.817. The van der Waals surface area contributed by atoms with Gasteiger partial charge in [-0.05, 0) is 36.2 Å². The van der Waals surface area contributed by atoms with E-state index in [-0.39, 0.29) is 30.3 Å². The maximum Gasteiger partial charge on any atom is 0.265 e. The predicted octanol–water partition coefficient (Wildman–Crippen LogP) is 2.22. The minimum Gasteiger partial charge on any atom is -0.480 e. The van der Waals surface area contributed by atoms with Gasteiger partial charge in [0.05, 0.1) is 0 Å². The Morgan fingerprint density at radius 1 is 1.15 bits per heavy atom. The molecule has 142 valence electrons. The number of halogens is 1. The van der Waals surface area contributed by atoms with Gasteiger partial charge in [0.25, 0.3) is 11.8 Å². The Hall–Kier alpha value is -2.57. The van der Waals surface area contributed by atoms with Gasteiger partial charge in [0.1, 0.15) is 5.75 Å². The van der Waals surface area contributed by atoms with E-state index in [0.717, 1.165) is 17.7 Å². The monoisotopic (exact) mass is 387 g/mol. The second kappa shape index (κ2) is 7.98. The molecule has 7 heteroatoms. The van der Waals surface area contributed by atoms with Crippen molar-refractivity contribution in [2.75, 3.05) is 18.4 Å². The number of fused-ring (bicyclic) bond motifs is 1. The third kappa shape index (κ3) is 4.07. The summed E-state index contributed by atoms with van der Waals surface area (Å²) < 4.78 is 5.71. The standard InChI is InChI=1S/C20H21N3O3.ClH/c21-15-8-9-23(12-15)20(25)14-5-3-6-16(10-14)22-19(24)18-11-13-4-1-2-7-17(13)26-18;/h1-7,10,15,18H,8-9,11-12,21H2,(H,22,24);1H/t15-,18?;/m1./s1. The normalized spacial score (nSPS) is 20.4. The number of likely N-dealkylation sites (tertiary alicyclic amines) is 1. The largest absolute Gasteiger partial charge is 0.480 e. The van der Waals surface area contributed by atoms with Crippen molar-refractivity contribution in [2.45, 2.75) is 25.0 Å². The smallest absolute Gasteiger partial charge is 0.265 e. The average Bonchev–Trinajstić information content (AvgIpc) is 3.27. The fourth-order valence-electron chi connectivity index (χ4n) is 3.44. The van der Waals surface area contributed by atoms with Gasteiger partial charge >= 0.3 is 0 Å². The van der Waals surface area contributed by atoms with Crippen LogP contribution in [0.5, 0.6) is 5.75 Å². The van der Waals surface area contributed by atoms with E-state index in [4.69, 9.17) is 10.5 Å². The zero-order valence-corrected chi connectivity index (χ0v) is 15.6. The maximum atomic E-state index is 12.6. The first-order valence-corrected chi connectivity index (χ1v) is 8.80. The summed E-state index contributed by atoms with van der Waals surface area (Å²) in [6, 6.07) is 14.7. The number of anilines is 1. The highest BCUT2D eigenvalue weighted by Crippen LogP contribution is 2.28. The molecule has 0 spiro atoms. The van der Waals surface area contributed by atoms with Crippen LogP contribution in [0.2, 0.25) is 0 Å². The van der Waals surface area contributed by atoms with Crippen LogP contribution < -0.4 is 15.8 Å². The number of para-hydroxylation sites is 1. The molecule has 2 aromatic rings. The van der Waals surface area contributed by atoms with Crippen LogP contribution in [0.1, 0.15) is 22.3 Å². The van der Waals surface area contributed by atoms with E-state index in [2.05, 4.69) is 5.32 Å². The molecular weight excluding hydrogens is 366 g/mol. The number of hydrogen-bond donors (Lipinski definition) is 2. The lowest BCUT2D eigenvalue weighted by Crippen LogP contribution is -2.32.